The third-order valence-corrected chi connectivity index (χ3v) is 6.85. The van der Waals surface area contributed by atoms with Crippen molar-refractivity contribution in [1.82, 2.24) is 5.32 Å². The summed E-state index contributed by atoms with van der Waals surface area (Å²) in [5.41, 5.74) is 0.616. The van der Waals surface area contributed by atoms with Gasteiger partial charge in [-0.2, -0.15) is 0 Å². The van der Waals surface area contributed by atoms with Crippen molar-refractivity contribution in [3.63, 3.8) is 0 Å². The van der Waals surface area contributed by atoms with Crippen LogP contribution in [-0.2, 0) is 0 Å². The Morgan fingerprint density at radius 3 is 1.81 bits per heavy atom. The molecule has 1 N–H and O–H groups in total. The first-order valence-electron chi connectivity index (χ1n) is 10.0. The van der Waals surface area contributed by atoms with Crippen LogP contribution in [0.25, 0.3) is 0 Å². The van der Waals surface area contributed by atoms with Gasteiger partial charge < -0.3 is 5.32 Å². The standard InChI is InChI=1S/C20H39N/c1-4-20(5-2)18-16-14-12-10-8-7-9-11-13-15-17(18)19(20)21-6-3/h17-19,21H,4-16H2,1-3H3. The minimum Gasteiger partial charge on any atom is -0.313 e. The van der Waals surface area contributed by atoms with E-state index in [2.05, 4.69) is 26.1 Å². The lowest BCUT2D eigenvalue weighted by atomic mass is 9.46. The lowest BCUT2D eigenvalue weighted by molar-refractivity contribution is -0.105. The van der Waals surface area contributed by atoms with Crippen molar-refractivity contribution in [2.45, 2.75) is 104 Å². The Hall–Kier alpha value is -0.0400. The number of hydrogen-bond acceptors (Lipinski definition) is 1. The van der Waals surface area contributed by atoms with Crippen LogP contribution >= 0.6 is 0 Å². The molecule has 2 saturated carbocycles. The fraction of sp³-hybridized carbons (Fsp3) is 1.00. The summed E-state index contributed by atoms with van der Waals surface area (Å²) in [4.78, 5) is 0. The van der Waals surface area contributed by atoms with E-state index >= 15 is 0 Å². The molecule has 0 spiro atoms. The molecular weight excluding hydrogens is 254 g/mol. The van der Waals surface area contributed by atoms with Crippen molar-refractivity contribution in [3.05, 3.63) is 0 Å². The molecule has 0 aromatic carbocycles. The van der Waals surface area contributed by atoms with Crippen molar-refractivity contribution < 1.29 is 0 Å². The molecule has 2 fully saturated rings. The Labute approximate surface area is 133 Å². The summed E-state index contributed by atoms with van der Waals surface area (Å²) in [7, 11) is 0. The molecule has 1 heteroatoms. The number of fused-ring (bicyclic) bond motifs is 1. The highest BCUT2D eigenvalue weighted by atomic mass is 15.0. The van der Waals surface area contributed by atoms with Crippen molar-refractivity contribution >= 4 is 0 Å². The van der Waals surface area contributed by atoms with Crippen LogP contribution in [0.2, 0.25) is 0 Å². The van der Waals surface area contributed by atoms with Crippen LogP contribution in [0.5, 0.6) is 0 Å². The van der Waals surface area contributed by atoms with Gasteiger partial charge in [0.05, 0.1) is 0 Å². The van der Waals surface area contributed by atoms with Crippen LogP contribution in [0.15, 0.2) is 0 Å². The van der Waals surface area contributed by atoms with Gasteiger partial charge in [0.2, 0.25) is 0 Å². The first-order chi connectivity index (χ1) is 10.3. The molecule has 0 amide bonds. The van der Waals surface area contributed by atoms with Crippen molar-refractivity contribution in [2.24, 2.45) is 17.3 Å². The molecule has 0 heterocycles. The highest BCUT2D eigenvalue weighted by molar-refractivity contribution is 5.10. The molecule has 3 atom stereocenters. The van der Waals surface area contributed by atoms with E-state index in [0.717, 1.165) is 24.4 Å². The monoisotopic (exact) mass is 293 g/mol. The minimum atomic E-state index is 0.616. The second kappa shape index (κ2) is 8.56. The van der Waals surface area contributed by atoms with Crippen LogP contribution in [-0.4, -0.2) is 12.6 Å². The maximum absolute atomic E-state index is 3.89. The van der Waals surface area contributed by atoms with E-state index in [1.807, 2.05) is 0 Å². The number of nitrogens with one attached hydrogen (secondary N) is 1. The largest absolute Gasteiger partial charge is 0.313 e. The maximum atomic E-state index is 3.89. The van der Waals surface area contributed by atoms with Gasteiger partial charge >= 0.3 is 0 Å². The topological polar surface area (TPSA) is 12.0 Å². The molecule has 2 rings (SSSR count). The quantitative estimate of drug-likeness (QED) is 0.677. The van der Waals surface area contributed by atoms with Crippen molar-refractivity contribution in [3.8, 4) is 0 Å². The van der Waals surface area contributed by atoms with E-state index in [1.54, 1.807) is 0 Å². The molecule has 3 unspecified atom stereocenters. The molecule has 0 aromatic heterocycles. The Morgan fingerprint density at radius 1 is 0.762 bits per heavy atom. The summed E-state index contributed by atoms with van der Waals surface area (Å²) in [6.45, 7) is 8.33. The highest BCUT2D eigenvalue weighted by Gasteiger charge is 2.57. The first kappa shape index (κ1) is 17.3. The van der Waals surface area contributed by atoms with Gasteiger partial charge in [0.1, 0.15) is 0 Å². The fourth-order valence-corrected chi connectivity index (χ4v) is 5.66. The molecule has 0 aromatic rings. The smallest absolute Gasteiger partial charge is 0.0157 e. The zero-order valence-electron chi connectivity index (χ0n) is 14.9. The van der Waals surface area contributed by atoms with E-state index in [4.69, 9.17) is 0 Å². The molecule has 0 aliphatic heterocycles. The zero-order valence-corrected chi connectivity index (χ0v) is 14.9. The Morgan fingerprint density at radius 2 is 1.29 bits per heavy atom. The molecule has 21 heavy (non-hydrogen) atoms. The summed E-state index contributed by atoms with van der Waals surface area (Å²) in [5.74, 6) is 1.99. The van der Waals surface area contributed by atoms with Gasteiger partial charge in [-0.15, -0.1) is 0 Å². The highest BCUT2D eigenvalue weighted by Crippen LogP contribution is 2.59. The van der Waals surface area contributed by atoms with Crippen LogP contribution in [0, 0.1) is 17.3 Å². The van der Waals surface area contributed by atoms with E-state index < -0.39 is 0 Å². The van der Waals surface area contributed by atoms with E-state index in [1.165, 1.54) is 77.0 Å². The van der Waals surface area contributed by atoms with Gasteiger partial charge in [0.25, 0.3) is 0 Å². The van der Waals surface area contributed by atoms with Gasteiger partial charge in [0, 0.05) is 6.04 Å². The van der Waals surface area contributed by atoms with Gasteiger partial charge in [-0.25, -0.2) is 0 Å². The van der Waals surface area contributed by atoms with Gasteiger partial charge in [0.15, 0.2) is 0 Å². The second-order valence-corrected chi connectivity index (χ2v) is 7.65. The molecule has 2 aliphatic carbocycles. The Bertz CT molecular complexity index is 282. The van der Waals surface area contributed by atoms with Crippen LogP contribution < -0.4 is 5.32 Å². The van der Waals surface area contributed by atoms with Crippen LogP contribution in [0.4, 0.5) is 0 Å². The van der Waals surface area contributed by atoms with Gasteiger partial charge in [-0.3, -0.25) is 0 Å². The van der Waals surface area contributed by atoms with Crippen molar-refractivity contribution in [2.75, 3.05) is 6.54 Å². The average molecular weight is 294 g/mol. The van der Waals surface area contributed by atoms with Crippen LogP contribution in [0.3, 0.4) is 0 Å². The molecule has 2 aliphatic rings. The lowest BCUT2D eigenvalue weighted by Gasteiger charge is -2.63. The molecule has 1 nitrogen and oxygen atoms in total. The third-order valence-electron chi connectivity index (χ3n) is 6.85. The fourth-order valence-electron chi connectivity index (χ4n) is 5.66. The minimum absolute atomic E-state index is 0.616. The Balaban J connectivity index is 2.05. The first-order valence-corrected chi connectivity index (χ1v) is 10.0. The maximum Gasteiger partial charge on any atom is 0.0157 e. The van der Waals surface area contributed by atoms with E-state index in [0.29, 0.717) is 5.41 Å². The third kappa shape index (κ3) is 3.66. The number of hydrogen-bond donors (Lipinski definition) is 1. The van der Waals surface area contributed by atoms with Gasteiger partial charge in [-0.1, -0.05) is 72.1 Å². The zero-order chi connectivity index (χ0) is 15.1. The summed E-state index contributed by atoms with van der Waals surface area (Å²) in [5, 5.41) is 3.89. The molecule has 124 valence electrons. The second-order valence-electron chi connectivity index (χ2n) is 7.65. The molecular formula is C20H39N. The predicted octanol–water partition coefficient (Wildman–Crippen LogP) is 5.93. The normalized spacial score (nSPS) is 34.1. The summed E-state index contributed by atoms with van der Waals surface area (Å²) in [6.07, 6.45) is 17.6. The van der Waals surface area contributed by atoms with Crippen LogP contribution in [0.1, 0.15) is 97.8 Å². The van der Waals surface area contributed by atoms with Gasteiger partial charge in [-0.05, 0) is 49.5 Å². The molecule has 0 saturated heterocycles. The predicted molar refractivity (Wildman–Crippen MR) is 93.6 cm³/mol. The number of rotatable bonds is 4. The summed E-state index contributed by atoms with van der Waals surface area (Å²) in [6, 6.07) is 0.811. The lowest BCUT2D eigenvalue weighted by Crippen LogP contribution is -2.66. The molecule has 0 radical (unpaired) electrons. The SMILES string of the molecule is CCNC1C2CCCCCCCCCCC2C1(CC)CC. The Kier molecular flexibility index (Phi) is 7.05. The van der Waals surface area contributed by atoms with E-state index in [-0.39, 0.29) is 0 Å². The van der Waals surface area contributed by atoms with Crippen molar-refractivity contribution in [1.29, 1.82) is 0 Å². The summed E-state index contributed by atoms with van der Waals surface area (Å²) >= 11 is 0. The van der Waals surface area contributed by atoms with E-state index in [9.17, 15) is 0 Å². The summed E-state index contributed by atoms with van der Waals surface area (Å²) < 4.78 is 0. The molecule has 0 bridgehead atoms. The average Bonchev–Trinajstić information content (AvgIpc) is 2.49.